The maximum absolute atomic E-state index is 11.5. The third kappa shape index (κ3) is 8.23. The predicted molar refractivity (Wildman–Crippen MR) is 84.4 cm³/mol. The van der Waals surface area contributed by atoms with Crippen LogP contribution in [-0.4, -0.2) is 19.3 Å². The van der Waals surface area contributed by atoms with Gasteiger partial charge in [0.1, 0.15) is 5.75 Å². The Kier molecular flexibility index (Phi) is 7.65. The lowest BCUT2D eigenvalue weighted by atomic mass is 10.1. The van der Waals surface area contributed by atoms with E-state index < -0.39 is 0 Å². The Labute approximate surface area is 127 Å². The molecule has 0 aliphatic carbocycles. The minimum atomic E-state index is -0.365. The van der Waals surface area contributed by atoms with E-state index in [-0.39, 0.29) is 6.09 Å². The molecular weight excluding hydrogens is 266 g/mol. The van der Waals surface area contributed by atoms with Crippen LogP contribution in [0, 0.1) is 11.8 Å². The van der Waals surface area contributed by atoms with Gasteiger partial charge in [-0.15, -0.1) is 0 Å². The highest BCUT2D eigenvalue weighted by Crippen LogP contribution is 2.13. The Morgan fingerprint density at radius 1 is 1.10 bits per heavy atom. The molecule has 1 aromatic rings. The summed E-state index contributed by atoms with van der Waals surface area (Å²) in [6.45, 7) is 10.1. The number of amides is 1. The van der Waals surface area contributed by atoms with Crippen molar-refractivity contribution >= 4 is 6.09 Å². The monoisotopic (exact) mass is 293 g/mol. The van der Waals surface area contributed by atoms with E-state index in [0.717, 1.165) is 17.7 Å². The fraction of sp³-hybridized carbons (Fsp3) is 0.588. The van der Waals surface area contributed by atoms with Crippen molar-refractivity contribution in [3.63, 3.8) is 0 Å². The number of rotatable bonds is 8. The number of hydrogen-bond acceptors (Lipinski definition) is 3. The zero-order valence-electron chi connectivity index (χ0n) is 13.5. The number of benzene rings is 1. The van der Waals surface area contributed by atoms with E-state index >= 15 is 0 Å². The summed E-state index contributed by atoms with van der Waals surface area (Å²) >= 11 is 0. The van der Waals surface area contributed by atoms with Gasteiger partial charge in [0, 0.05) is 6.54 Å². The fourth-order valence-corrected chi connectivity index (χ4v) is 1.58. The average Bonchev–Trinajstić information content (AvgIpc) is 2.43. The Bertz CT molecular complexity index is 413. The van der Waals surface area contributed by atoms with Crippen LogP contribution in [0.5, 0.6) is 5.75 Å². The standard InChI is InChI=1S/C17H27NO3/c1-13(2)9-10-20-17(19)18-11-15-5-7-16(8-6-15)21-12-14(3)4/h5-8,13-14H,9-12H2,1-4H3,(H,18,19). The van der Waals surface area contributed by atoms with Crippen LogP contribution in [0.2, 0.25) is 0 Å². The maximum Gasteiger partial charge on any atom is 0.407 e. The summed E-state index contributed by atoms with van der Waals surface area (Å²) in [4.78, 5) is 11.5. The molecule has 1 rings (SSSR count). The SMILES string of the molecule is CC(C)CCOC(=O)NCc1ccc(OCC(C)C)cc1. The van der Waals surface area contributed by atoms with E-state index in [1.54, 1.807) is 0 Å². The van der Waals surface area contributed by atoms with Gasteiger partial charge in [-0.3, -0.25) is 0 Å². The van der Waals surface area contributed by atoms with Gasteiger partial charge in [-0.05, 0) is 36.0 Å². The van der Waals surface area contributed by atoms with Crippen LogP contribution in [0.25, 0.3) is 0 Å². The molecule has 4 nitrogen and oxygen atoms in total. The first-order valence-corrected chi connectivity index (χ1v) is 7.59. The highest BCUT2D eigenvalue weighted by Gasteiger charge is 2.03. The van der Waals surface area contributed by atoms with Crippen molar-refractivity contribution in [1.82, 2.24) is 5.32 Å². The Morgan fingerprint density at radius 2 is 1.76 bits per heavy atom. The van der Waals surface area contributed by atoms with Crippen molar-refractivity contribution in [1.29, 1.82) is 0 Å². The molecule has 1 N–H and O–H groups in total. The molecule has 1 amide bonds. The molecule has 0 aliphatic heterocycles. The van der Waals surface area contributed by atoms with Crippen molar-refractivity contribution < 1.29 is 14.3 Å². The largest absolute Gasteiger partial charge is 0.493 e. The normalized spacial score (nSPS) is 10.8. The summed E-state index contributed by atoms with van der Waals surface area (Å²) < 4.78 is 10.7. The second-order valence-corrected chi connectivity index (χ2v) is 6.02. The molecule has 0 atom stereocenters. The van der Waals surface area contributed by atoms with E-state index in [4.69, 9.17) is 9.47 Å². The second kappa shape index (κ2) is 9.27. The number of hydrogen-bond donors (Lipinski definition) is 1. The molecule has 0 spiro atoms. The number of carbonyl (C=O) groups excluding carboxylic acids is 1. The minimum absolute atomic E-state index is 0.365. The Hall–Kier alpha value is -1.71. The maximum atomic E-state index is 11.5. The first-order chi connectivity index (χ1) is 9.97. The van der Waals surface area contributed by atoms with E-state index in [0.29, 0.717) is 31.6 Å². The van der Waals surface area contributed by atoms with E-state index in [1.165, 1.54) is 0 Å². The van der Waals surface area contributed by atoms with Gasteiger partial charge >= 0.3 is 6.09 Å². The van der Waals surface area contributed by atoms with Crippen molar-refractivity contribution in [3.8, 4) is 5.75 Å². The van der Waals surface area contributed by atoms with E-state index in [1.807, 2.05) is 24.3 Å². The zero-order valence-corrected chi connectivity index (χ0v) is 13.5. The summed E-state index contributed by atoms with van der Waals surface area (Å²) in [5, 5.41) is 2.74. The number of ether oxygens (including phenoxy) is 2. The highest BCUT2D eigenvalue weighted by molar-refractivity contribution is 5.67. The molecule has 0 unspecified atom stereocenters. The third-order valence-corrected chi connectivity index (χ3v) is 2.87. The fourth-order valence-electron chi connectivity index (χ4n) is 1.58. The lowest BCUT2D eigenvalue weighted by Gasteiger charge is -2.10. The number of nitrogens with one attached hydrogen (secondary N) is 1. The molecule has 118 valence electrons. The zero-order chi connectivity index (χ0) is 15.7. The van der Waals surface area contributed by atoms with Crippen LogP contribution in [0.3, 0.4) is 0 Å². The first kappa shape index (κ1) is 17.3. The van der Waals surface area contributed by atoms with Gasteiger partial charge in [0.05, 0.1) is 13.2 Å². The lowest BCUT2D eigenvalue weighted by molar-refractivity contribution is 0.140. The highest BCUT2D eigenvalue weighted by atomic mass is 16.5. The van der Waals surface area contributed by atoms with Crippen molar-refractivity contribution in [2.24, 2.45) is 11.8 Å². The third-order valence-electron chi connectivity index (χ3n) is 2.87. The van der Waals surface area contributed by atoms with Gasteiger partial charge < -0.3 is 14.8 Å². The van der Waals surface area contributed by atoms with Gasteiger partial charge in [0.15, 0.2) is 0 Å². The smallest absolute Gasteiger partial charge is 0.407 e. The molecule has 0 aliphatic rings. The van der Waals surface area contributed by atoms with Crippen LogP contribution in [-0.2, 0) is 11.3 Å². The van der Waals surface area contributed by atoms with Crippen LogP contribution in [0.4, 0.5) is 4.79 Å². The van der Waals surface area contributed by atoms with Gasteiger partial charge in [0.25, 0.3) is 0 Å². The summed E-state index contributed by atoms with van der Waals surface area (Å²) in [6, 6.07) is 7.74. The van der Waals surface area contributed by atoms with E-state index in [2.05, 4.69) is 33.0 Å². The van der Waals surface area contributed by atoms with Gasteiger partial charge in [-0.25, -0.2) is 4.79 Å². The first-order valence-electron chi connectivity index (χ1n) is 7.59. The lowest BCUT2D eigenvalue weighted by Crippen LogP contribution is -2.24. The van der Waals surface area contributed by atoms with Crippen LogP contribution in [0.1, 0.15) is 39.7 Å². The molecule has 0 radical (unpaired) electrons. The summed E-state index contributed by atoms with van der Waals surface area (Å²) in [7, 11) is 0. The molecule has 0 bridgehead atoms. The molecule has 0 aromatic heterocycles. The summed E-state index contributed by atoms with van der Waals surface area (Å²) in [5.41, 5.74) is 1.02. The van der Waals surface area contributed by atoms with Crippen molar-refractivity contribution in [3.05, 3.63) is 29.8 Å². The summed E-state index contributed by atoms with van der Waals surface area (Å²) in [5.74, 6) is 1.90. The molecule has 21 heavy (non-hydrogen) atoms. The minimum Gasteiger partial charge on any atom is -0.493 e. The molecule has 0 fully saturated rings. The Balaban J connectivity index is 2.27. The van der Waals surface area contributed by atoms with Crippen LogP contribution >= 0.6 is 0 Å². The quantitative estimate of drug-likeness (QED) is 0.788. The molecule has 0 saturated heterocycles. The van der Waals surface area contributed by atoms with Crippen molar-refractivity contribution in [2.75, 3.05) is 13.2 Å². The molecule has 0 heterocycles. The summed E-state index contributed by atoms with van der Waals surface area (Å²) in [6.07, 6.45) is 0.519. The molecular formula is C17H27NO3. The molecule has 0 saturated carbocycles. The van der Waals surface area contributed by atoms with Crippen molar-refractivity contribution in [2.45, 2.75) is 40.7 Å². The van der Waals surface area contributed by atoms with Gasteiger partial charge in [-0.1, -0.05) is 39.8 Å². The van der Waals surface area contributed by atoms with E-state index in [9.17, 15) is 4.79 Å². The molecule has 4 heteroatoms. The molecule has 1 aromatic carbocycles. The van der Waals surface area contributed by atoms with Gasteiger partial charge in [0.2, 0.25) is 0 Å². The number of alkyl carbamates (subject to hydrolysis) is 1. The second-order valence-electron chi connectivity index (χ2n) is 6.02. The number of carbonyl (C=O) groups is 1. The van der Waals surface area contributed by atoms with Crippen LogP contribution < -0.4 is 10.1 Å². The Morgan fingerprint density at radius 3 is 2.33 bits per heavy atom. The van der Waals surface area contributed by atoms with Gasteiger partial charge in [-0.2, -0.15) is 0 Å². The predicted octanol–water partition coefficient (Wildman–Crippen LogP) is 3.99. The topological polar surface area (TPSA) is 47.6 Å². The average molecular weight is 293 g/mol. The van der Waals surface area contributed by atoms with Crippen LogP contribution in [0.15, 0.2) is 24.3 Å².